The number of aromatic nitrogens is 1. The number of carbonyl (C=O) groups excluding carboxylic acids is 1. The molecule has 28 heavy (non-hydrogen) atoms. The number of nitrogens with zero attached hydrogens (tertiary/aromatic N) is 2. The fraction of sp³-hybridized carbons (Fsp3) is 0.273. The van der Waals surface area contributed by atoms with Crippen molar-refractivity contribution < 1.29 is 13.9 Å². The number of hydrogen-bond donors (Lipinski definition) is 1. The van der Waals surface area contributed by atoms with Gasteiger partial charge in [0, 0.05) is 24.2 Å². The van der Waals surface area contributed by atoms with E-state index < -0.39 is 0 Å². The Morgan fingerprint density at radius 1 is 1.11 bits per heavy atom. The fourth-order valence-corrected chi connectivity index (χ4v) is 3.53. The van der Waals surface area contributed by atoms with Gasteiger partial charge < -0.3 is 15.0 Å². The minimum atomic E-state index is -0.328. The quantitative estimate of drug-likeness (QED) is 0.711. The van der Waals surface area contributed by atoms with E-state index in [2.05, 4.69) is 10.3 Å². The number of carbonyl (C=O) groups is 1. The number of pyridine rings is 1. The van der Waals surface area contributed by atoms with Gasteiger partial charge in [-0.2, -0.15) is 0 Å². The molecule has 5 nitrogen and oxygen atoms in total. The molecule has 0 spiro atoms. The third-order valence-corrected chi connectivity index (χ3v) is 4.98. The zero-order valence-electron chi connectivity index (χ0n) is 15.7. The first-order valence-electron chi connectivity index (χ1n) is 9.45. The van der Waals surface area contributed by atoms with Crippen molar-refractivity contribution in [2.45, 2.75) is 19.3 Å². The molecule has 2 heterocycles. The Bertz CT molecular complexity index is 1020. The summed E-state index contributed by atoms with van der Waals surface area (Å²) in [4.78, 5) is 19.4. The summed E-state index contributed by atoms with van der Waals surface area (Å²) in [5.74, 6) is 0.289. The Balaban J connectivity index is 1.78. The Morgan fingerprint density at radius 2 is 1.93 bits per heavy atom. The van der Waals surface area contributed by atoms with Gasteiger partial charge in [-0.25, -0.2) is 9.37 Å². The fourth-order valence-electron chi connectivity index (χ4n) is 3.53. The van der Waals surface area contributed by atoms with Gasteiger partial charge in [0.15, 0.2) is 0 Å². The lowest BCUT2D eigenvalue weighted by molar-refractivity contribution is 0.0719. The van der Waals surface area contributed by atoms with E-state index in [0.717, 1.165) is 37.7 Å². The highest BCUT2D eigenvalue weighted by atomic mass is 19.1. The van der Waals surface area contributed by atoms with Crippen LogP contribution in [-0.4, -0.2) is 36.0 Å². The molecule has 0 saturated carbocycles. The van der Waals surface area contributed by atoms with Crippen molar-refractivity contribution >= 4 is 28.2 Å². The summed E-state index contributed by atoms with van der Waals surface area (Å²) in [7, 11) is 1.60. The van der Waals surface area contributed by atoms with Gasteiger partial charge in [0.05, 0.1) is 18.3 Å². The van der Waals surface area contributed by atoms with E-state index in [-0.39, 0.29) is 11.7 Å². The summed E-state index contributed by atoms with van der Waals surface area (Å²) in [5.41, 5.74) is 2.36. The van der Waals surface area contributed by atoms with Crippen molar-refractivity contribution in [3.63, 3.8) is 0 Å². The molecule has 2 aromatic carbocycles. The molecule has 4 rings (SSSR count). The van der Waals surface area contributed by atoms with Crippen molar-refractivity contribution in [1.29, 1.82) is 0 Å². The number of hydrogen-bond acceptors (Lipinski definition) is 4. The second-order valence-electron chi connectivity index (χ2n) is 6.93. The van der Waals surface area contributed by atoms with E-state index in [1.165, 1.54) is 12.1 Å². The second kappa shape index (κ2) is 7.84. The molecule has 0 atom stereocenters. The third-order valence-electron chi connectivity index (χ3n) is 4.98. The van der Waals surface area contributed by atoms with Crippen LogP contribution in [0, 0.1) is 5.82 Å². The molecular formula is C22H22FN3O2. The number of benzene rings is 2. The van der Waals surface area contributed by atoms with Crippen LogP contribution in [0.4, 0.5) is 15.8 Å². The van der Waals surface area contributed by atoms with Crippen molar-refractivity contribution in [3.05, 3.63) is 60.0 Å². The lowest BCUT2D eigenvalue weighted by Crippen LogP contribution is -2.36. The lowest BCUT2D eigenvalue weighted by atomic mass is 10.1. The van der Waals surface area contributed by atoms with Crippen LogP contribution < -0.4 is 10.1 Å². The molecule has 1 fully saturated rings. The molecule has 1 aliphatic heterocycles. The molecule has 0 bridgehead atoms. The van der Waals surface area contributed by atoms with Gasteiger partial charge in [-0.3, -0.25) is 4.79 Å². The summed E-state index contributed by atoms with van der Waals surface area (Å²) in [6.07, 6.45) is 3.19. The predicted octanol–water partition coefficient (Wildman–Crippen LogP) is 4.75. The largest absolute Gasteiger partial charge is 0.497 e. The highest BCUT2D eigenvalue weighted by molar-refractivity contribution is 6.01. The maximum absolute atomic E-state index is 13.6. The Labute approximate surface area is 163 Å². The maximum Gasteiger partial charge on any atom is 0.272 e. The minimum Gasteiger partial charge on any atom is -0.497 e. The maximum atomic E-state index is 13.6. The summed E-state index contributed by atoms with van der Waals surface area (Å²) < 4.78 is 18.9. The molecule has 144 valence electrons. The van der Waals surface area contributed by atoms with E-state index in [0.29, 0.717) is 28.3 Å². The molecule has 3 aromatic rings. The van der Waals surface area contributed by atoms with Crippen LogP contribution in [0.5, 0.6) is 5.75 Å². The van der Waals surface area contributed by atoms with E-state index in [1.807, 2.05) is 23.1 Å². The summed E-state index contributed by atoms with van der Waals surface area (Å²) >= 11 is 0. The molecule has 1 aromatic heterocycles. The van der Waals surface area contributed by atoms with Crippen molar-refractivity contribution in [2.24, 2.45) is 0 Å². The molecular weight excluding hydrogens is 357 g/mol. The van der Waals surface area contributed by atoms with E-state index in [9.17, 15) is 9.18 Å². The second-order valence-corrected chi connectivity index (χ2v) is 6.93. The summed E-state index contributed by atoms with van der Waals surface area (Å²) in [6.45, 7) is 1.52. The number of nitrogens with one attached hydrogen (secondary N) is 1. The topological polar surface area (TPSA) is 54.5 Å². The van der Waals surface area contributed by atoms with Crippen LogP contribution in [0.15, 0.2) is 48.5 Å². The van der Waals surface area contributed by atoms with Crippen LogP contribution in [0.1, 0.15) is 29.8 Å². The summed E-state index contributed by atoms with van der Waals surface area (Å²) in [6, 6.07) is 13.5. The van der Waals surface area contributed by atoms with Gasteiger partial charge >= 0.3 is 0 Å². The molecule has 1 N–H and O–H groups in total. The van der Waals surface area contributed by atoms with Crippen LogP contribution in [-0.2, 0) is 0 Å². The summed E-state index contributed by atoms with van der Waals surface area (Å²) in [5, 5.41) is 4.04. The highest BCUT2D eigenvalue weighted by Gasteiger charge is 2.21. The number of amides is 1. The molecule has 0 unspecified atom stereocenters. The Morgan fingerprint density at radius 3 is 2.68 bits per heavy atom. The zero-order valence-corrected chi connectivity index (χ0v) is 15.7. The number of ether oxygens (including phenoxy) is 1. The van der Waals surface area contributed by atoms with E-state index in [1.54, 1.807) is 25.3 Å². The van der Waals surface area contributed by atoms with Gasteiger partial charge in [-0.05, 0) is 61.7 Å². The Kier molecular flexibility index (Phi) is 5.10. The predicted molar refractivity (Wildman–Crippen MR) is 108 cm³/mol. The van der Waals surface area contributed by atoms with Crippen molar-refractivity contribution in [2.75, 3.05) is 25.5 Å². The van der Waals surface area contributed by atoms with Crippen LogP contribution >= 0.6 is 0 Å². The van der Waals surface area contributed by atoms with E-state index in [4.69, 9.17) is 4.74 Å². The number of anilines is 2. The number of rotatable bonds is 4. The van der Waals surface area contributed by atoms with Crippen LogP contribution in [0.2, 0.25) is 0 Å². The SMILES string of the molecule is COc1ccc2nc(C(=O)N3CCCCC3)cc(Nc3cccc(F)c3)c2c1. The number of piperidine rings is 1. The average Bonchev–Trinajstić information content (AvgIpc) is 2.73. The van der Waals surface area contributed by atoms with Gasteiger partial charge in [0.25, 0.3) is 5.91 Å². The monoisotopic (exact) mass is 379 g/mol. The van der Waals surface area contributed by atoms with Crippen molar-refractivity contribution in [3.8, 4) is 5.75 Å². The highest BCUT2D eigenvalue weighted by Crippen LogP contribution is 2.30. The first-order chi connectivity index (χ1) is 13.6. The van der Waals surface area contributed by atoms with Crippen LogP contribution in [0.25, 0.3) is 10.9 Å². The lowest BCUT2D eigenvalue weighted by Gasteiger charge is -2.26. The molecule has 0 radical (unpaired) electrons. The van der Waals surface area contributed by atoms with Gasteiger partial charge in [-0.15, -0.1) is 0 Å². The molecule has 1 amide bonds. The van der Waals surface area contributed by atoms with Crippen LogP contribution in [0.3, 0.4) is 0 Å². The Hall–Kier alpha value is -3.15. The smallest absolute Gasteiger partial charge is 0.272 e. The third kappa shape index (κ3) is 3.76. The molecule has 1 saturated heterocycles. The van der Waals surface area contributed by atoms with Crippen molar-refractivity contribution in [1.82, 2.24) is 9.88 Å². The normalized spacial score (nSPS) is 14.1. The molecule has 6 heteroatoms. The van der Waals surface area contributed by atoms with E-state index >= 15 is 0 Å². The number of methoxy groups -OCH3 is 1. The molecule has 0 aliphatic carbocycles. The standard InChI is InChI=1S/C22H22FN3O2/c1-28-17-8-9-19-18(13-17)20(24-16-7-5-6-15(23)12-16)14-21(25-19)22(27)26-10-3-2-4-11-26/h5-9,12-14H,2-4,10-11H2,1H3,(H,24,25). The number of halogens is 1. The molecule has 1 aliphatic rings. The minimum absolute atomic E-state index is 0.0697. The average molecular weight is 379 g/mol. The first-order valence-corrected chi connectivity index (χ1v) is 9.45. The number of likely N-dealkylation sites (tertiary alicyclic amines) is 1. The van der Waals surface area contributed by atoms with Gasteiger partial charge in [0.1, 0.15) is 17.3 Å². The van der Waals surface area contributed by atoms with Gasteiger partial charge in [-0.1, -0.05) is 6.07 Å². The van der Waals surface area contributed by atoms with Gasteiger partial charge in [0.2, 0.25) is 0 Å². The zero-order chi connectivity index (χ0) is 19.5. The number of fused-ring (bicyclic) bond motifs is 1. The first kappa shape index (κ1) is 18.2.